The van der Waals surface area contributed by atoms with Crippen LogP contribution in [0.2, 0.25) is 5.02 Å². The Morgan fingerprint density at radius 1 is 1.37 bits per heavy atom. The minimum Gasteiger partial charge on any atom is -0.304 e. The van der Waals surface area contributed by atoms with Gasteiger partial charge in [0.2, 0.25) is 0 Å². The molecule has 1 aliphatic rings. The highest BCUT2D eigenvalue weighted by atomic mass is 35.5. The van der Waals surface area contributed by atoms with Crippen LogP contribution in [-0.4, -0.2) is 33.9 Å². The number of rotatable bonds is 3. The molecule has 102 valence electrons. The lowest BCUT2D eigenvalue weighted by Crippen LogP contribution is -2.34. The second kappa shape index (κ2) is 5.51. The molecule has 4 heteroatoms. The maximum Gasteiger partial charge on any atom is 0.113 e. The first-order chi connectivity index (χ1) is 9.28. The summed E-state index contributed by atoms with van der Waals surface area (Å²) in [7, 11) is 0. The SMILES string of the molecule is CCN1CCC(Cc2ncc3c(Cl)cccn23)CC1. The van der Waals surface area contributed by atoms with Gasteiger partial charge in [0.05, 0.1) is 16.7 Å². The van der Waals surface area contributed by atoms with E-state index in [1.165, 1.54) is 32.5 Å². The molecule has 0 unspecified atom stereocenters. The number of likely N-dealkylation sites (tertiary alicyclic amines) is 1. The molecular formula is C15H20ClN3. The maximum atomic E-state index is 6.18. The van der Waals surface area contributed by atoms with Gasteiger partial charge in [-0.3, -0.25) is 0 Å². The van der Waals surface area contributed by atoms with Crippen LogP contribution in [0.4, 0.5) is 0 Å². The molecule has 0 aliphatic carbocycles. The average molecular weight is 278 g/mol. The van der Waals surface area contributed by atoms with Crippen molar-refractivity contribution in [3.8, 4) is 0 Å². The number of imidazole rings is 1. The summed E-state index contributed by atoms with van der Waals surface area (Å²) in [6.07, 6.45) is 7.57. The number of piperidine rings is 1. The van der Waals surface area contributed by atoms with Crippen LogP contribution in [0.3, 0.4) is 0 Å². The molecule has 0 spiro atoms. The Kier molecular flexibility index (Phi) is 3.76. The number of pyridine rings is 1. The Bertz CT molecular complexity index is 556. The molecule has 1 fully saturated rings. The van der Waals surface area contributed by atoms with Gasteiger partial charge >= 0.3 is 0 Å². The normalized spacial score (nSPS) is 18.2. The molecule has 2 aromatic rings. The summed E-state index contributed by atoms with van der Waals surface area (Å²) < 4.78 is 2.13. The van der Waals surface area contributed by atoms with Crippen molar-refractivity contribution in [3.63, 3.8) is 0 Å². The van der Waals surface area contributed by atoms with Gasteiger partial charge in [0.1, 0.15) is 5.82 Å². The Hall–Kier alpha value is -1.06. The fraction of sp³-hybridized carbons (Fsp3) is 0.533. The Morgan fingerprint density at radius 2 is 2.16 bits per heavy atom. The van der Waals surface area contributed by atoms with E-state index in [0.29, 0.717) is 0 Å². The van der Waals surface area contributed by atoms with Gasteiger partial charge in [-0.05, 0) is 50.5 Å². The van der Waals surface area contributed by atoms with E-state index in [2.05, 4.69) is 27.4 Å². The first-order valence-electron chi connectivity index (χ1n) is 7.10. The Morgan fingerprint density at radius 3 is 2.89 bits per heavy atom. The van der Waals surface area contributed by atoms with Crippen molar-refractivity contribution in [3.05, 3.63) is 35.4 Å². The lowest BCUT2D eigenvalue weighted by molar-refractivity contribution is 0.191. The molecule has 1 aliphatic heterocycles. The van der Waals surface area contributed by atoms with Gasteiger partial charge in [-0.15, -0.1) is 0 Å². The number of hydrogen-bond donors (Lipinski definition) is 0. The zero-order valence-electron chi connectivity index (χ0n) is 11.3. The highest BCUT2D eigenvalue weighted by Gasteiger charge is 2.20. The third-order valence-electron chi connectivity index (χ3n) is 4.22. The van der Waals surface area contributed by atoms with Gasteiger partial charge in [0, 0.05) is 12.6 Å². The minimum absolute atomic E-state index is 0.757. The number of fused-ring (bicyclic) bond motifs is 1. The van der Waals surface area contributed by atoms with Crippen LogP contribution in [0.1, 0.15) is 25.6 Å². The van der Waals surface area contributed by atoms with E-state index >= 15 is 0 Å². The summed E-state index contributed by atoms with van der Waals surface area (Å²) in [5.74, 6) is 1.90. The first-order valence-corrected chi connectivity index (χ1v) is 7.48. The van der Waals surface area contributed by atoms with Gasteiger partial charge < -0.3 is 9.30 Å². The fourth-order valence-electron chi connectivity index (χ4n) is 2.96. The largest absolute Gasteiger partial charge is 0.304 e. The summed E-state index contributed by atoms with van der Waals surface area (Å²) in [6, 6.07) is 3.91. The quantitative estimate of drug-likeness (QED) is 0.858. The fourth-order valence-corrected chi connectivity index (χ4v) is 3.17. The number of nitrogens with zero attached hydrogens (tertiary/aromatic N) is 3. The number of halogens is 1. The highest BCUT2D eigenvalue weighted by Crippen LogP contribution is 2.23. The van der Waals surface area contributed by atoms with Gasteiger partial charge in [0.25, 0.3) is 0 Å². The first kappa shape index (κ1) is 12.9. The van der Waals surface area contributed by atoms with Crippen molar-refractivity contribution in [1.29, 1.82) is 0 Å². The predicted octanol–water partition coefficient (Wildman–Crippen LogP) is 3.26. The topological polar surface area (TPSA) is 20.5 Å². The highest BCUT2D eigenvalue weighted by molar-refractivity contribution is 6.33. The van der Waals surface area contributed by atoms with E-state index in [1.54, 1.807) is 0 Å². The molecule has 0 amide bonds. The maximum absolute atomic E-state index is 6.18. The van der Waals surface area contributed by atoms with Crippen molar-refractivity contribution in [1.82, 2.24) is 14.3 Å². The van der Waals surface area contributed by atoms with Crippen LogP contribution in [0, 0.1) is 5.92 Å². The lowest BCUT2D eigenvalue weighted by atomic mass is 9.93. The third kappa shape index (κ3) is 2.63. The van der Waals surface area contributed by atoms with Crippen molar-refractivity contribution in [2.24, 2.45) is 5.92 Å². The number of aromatic nitrogens is 2. The van der Waals surface area contributed by atoms with Crippen LogP contribution >= 0.6 is 11.6 Å². The smallest absolute Gasteiger partial charge is 0.113 e. The van der Waals surface area contributed by atoms with Gasteiger partial charge in [-0.1, -0.05) is 18.5 Å². The van der Waals surface area contributed by atoms with E-state index in [0.717, 1.165) is 28.7 Å². The second-order valence-electron chi connectivity index (χ2n) is 5.37. The van der Waals surface area contributed by atoms with E-state index in [-0.39, 0.29) is 0 Å². The standard InChI is InChI=1S/C15H20ClN3/c1-2-18-8-5-12(6-9-18)10-15-17-11-14-13(16)4-3-7-19(14)15/h3-4,7,11-12H,2,5-6,8-10H2,1H3. The molecular weight excluding hydrogens is 258 g/mol. The van der Waals surface area contributed by atoms with E-state index < -0.39 is 0 Å². The van der Waals surface area contributed by atoms with Crippen LogP contribution in [0.5, 0.6) is 0 Å². The number of hydrogen-bond acceptors (Lipinski definition) is 2. The third-order valence-corrected chi connectivity index (χ3v) is 4.54. The van der Waals surface area contributed by atoms with Gasteiger partial charge in [-0.25, -0.2) is 4.98 Å². The van der Waals surface area contributed by atoms with Gasteiger partial charge in [-0.2, -0.15) is 0 Å². The van der Waals surface area contributed by atoms with E-state index in [9.17, 15) is 0 Å². The molecule has 2 aromatic heterocycles. The zero-order chi connectivity index (χ0) is 13.2. The molecule has 0 atom stereocenters. The van der Waals surface area contributed by atoms with Crippen LogP contribution in [-0.2, 0) is 6.42 Å². The van der Waals surface area contributed by atoms with Crippen molar-refractivity contribution in [2.45, 2.75) is 26.2 Å². The Labute approximate surface area is 119 Å². The van der Waals surface area contributed by atoms with Crippen molar-refractivity contribution < 1.29 is 0 Å². The summed E-state index contributed by atoms with van der Waals surface area (Å²) in [5, 5.41) is 0.780. The van der Waals surface area contributed by atoms with E-state index in [1.807, 2.05) is 18.3 Å². The molecule has 3 heterocycles. The summed E-state index contributed by atoms with van der Waals surface area (Å²) in [4.78, 5) is 7.08. The molecule has 0 radical (unpaired) electrons. The monoisotopic (exact) mass is 277 g/mol. The minimum atomic E-state index is 0.757. The molecule has 0 bridgehead atoms. The average Bonchev–Trinajstić information content (AvgIpc) is 2.84. The van der Waals surface area contributed by atoms with Crippen LogP contribution in [0.25, 0.3) is 5.52 Å². The Balaban J connectivity index is 1.74. The second-order valence-corrected chi connectivity index (χ2v) is 5.77. The molecule has 0 aromatic carbocycles. The van der Waals surface area contributed by atoms with Crippen molar-refractivity contribution >= 4 is 17.1 Å². The van der Waals surface area contributed by atoms with Crippen molar-refractivity contribution in [2.75, 3.05) is 19.6 Å². The van der Waals surface area contributed by atoms with Crippen LogP contribution in [0.15, 0.2) is 24.5 Å². The predicted molar refractivity (Wildman–Crippen MR) is 78.7 cm³/mol. The summed E-state index contributed by atoms with van der Waals surface area (Å²) >= 11 is 6.18. The molecule has 0 saturated carbocycles. The van der Waals surface area contributed by atoms with Gasteiger partial charge in [0.15, 0.2) is 0 Å². The lowest BCUT2D eigenvalue weighted by Gasteiger charge is -2.30. The summed E-state index contributed by atoms with van der Waals surface area (Å²) in [5.41, 5.74) is 1.02. The molecule has 0 N–H and O–H groups in total. The molecule has 3 rings (SSSR count). The van der Waals surface area contributed by atoms with Crippen LogP contribution < -0.4 is 0 Å². The summed E-state index contributed by atoms with van der Waals surface area (Å²) in [6.45, 7) is 5.87. The van der Waals surface area contributed by atoms with E-state index in [4.69, 9.17) is 11.6 Å². The molecule has 1 saturated heterocycles. The molecule has 3 nitrogen and oxygen atoms in total. The molecule has 19 heavy (non-hydrogen) atoms. The zero-order valence-corrected chi connectivity index (χ0v) is 12.1.